The minimum Gasteiger partial charge on any atom is -0.443 e. The number of nitrogens with one attached hydrogen (secondary N) is 2. The van der Waals surface area contributed by atoms with Crippen molar-refractivity contribution in [3.63, 3.8) is 0 Å². The highest BCUT2D eigenvalue weighted by molar-refractivity contribution is 5.97. The van der Waals surface area contributed by atoms with Gasteiger partial charge in [0.05, 0.1) is 0 Å². The Morgan fingerprint density at radius 2 is 2.47 bits per heavy atom. The molecule has 2 aromatic rings. The Morgan fingerprint density at radius 3 is 3.29 bits per heavy atom. The van der Waals surface area contributed by atoms with Gasteiger partial charge in [0, 0.05) is 18.2 Å². The first kappa shape index (κ1) is 10.3. The molecule has 1 atom stereocenters. The van der Waals surface area contributed by atoms with E-state index in [0.717, 1.165) is 19.5 Å². The summed E-state index contributed by atoms with van der Waals surface area (Å²) in [6.45, 7) is 1.81. The molecule has 1 unspecified atom stereocenters. The lowest BCUT2D eigenvalue weighted by atomic mass is 10.1. The molecule has 0 bridgehead atoms. The molecule has 1 aliphatic rings. The lowest BCUT2D eigenvalue weighted by Crippen LogP contribution is -2.36. The largest absolute Gasteiger partial charge is 0.443 e. The lowest BCUT2D eigenvalue weighted by Gasteiger charge is -2.10. The molecule has 1 aliphatic heterocycles. The molecule has 88 valence electrons. The summed E-state index contributed by atoms with van der Waals surface area (Å²) in [6.07, 6.45) is 2.37. The van der Waals surface area contributed by atoms with Gasteiger partial charge in [-0.15, -0.1) is 0 Å². The molecule has 1 saturated heterocycles. The van der Waals surface area contributed by atoms with E-state index in [9.17, 15) is 4.79 Å². The van der Waals surface area contributed by atoms with Crippen LogP contribution in [0.15, 0.2) is 29.0 Å². The average Bonchev–Trinajstić information content (AvgIpc) is 2.97. The van der Waals surface area contributed by atoms with Crippen molar-refractivity contribution in [1.82, 2.24) is 15.6 Å². The van der Waals surface area contributed by atoms with E-state index >= 15 is 0 Å². The van der Waals surface area contributed by atoms with Gasteiger partial charge < -0.3 is 15.1 Å². The molecule has 0 radical (unpaired) electrons. The van der Waals surface area contributed by atoms with E-state index < -0.39 is 0 Å². The number of nitrogens with zero attached hydrogens (tertiary/aromatic N) is 1. The van der Waals surface area contributed by atoms with Crippen molar-refractivity contribution >= 4 is 17.0 Å². The molecule has 1 amide bonds. The zero-order chi connectivity index (χ0) is 11.7. The number of hydrogen-bond acceptors (Lipinski definition) is 4. The van der Waals surface area contributed by atoms with Gasteiger partial charge in [0.2, 0.25) is 0 Å². The topological polar surface area (TPSA) is 67.2 Å². The Morgan fingerprint density at radius 1 is 1.53 bits per heavy atom. The summed E-state index contributed by atoms with van der Waals surface area (Å²) in [5.74, 6) is -0.0522. The summed E-state index contributed by atoms with van der Waals surface area (Å²) in [5, 5.41) is 6.20. The van der Waals surface area contributed by atoms with Crippen molar-refractivity contribution < 1.29 is 9.21 Å². The average molecular weight is 231 g/mol. The SMILES string of the molecule is O=C(NC1CCNC1)c1ccc2ocnc2c1. The maximum absolute atomic E-state index is 12.0. The summed E-state index contributed by atoms with van der Waals surface area (Å²) in [6, 6.07) is 5.50. The Balaban J connectivity index is 1.79. The fourth-order valence-corrected chi connectivity index (χ4v) is 2.05. The van der Waals surface area contributed by atoms with Crippen LogP contribution in [-0.2, 0) is 0 Å². The van der Waals surface area contributed by atoms with Crippen LogP contribution >= 0.6 is 0 Å². The second-order valence-corrected chi connectivity index (χ2v) is 4.20. The Bertz CT molecular complexity index is 543. The van der Waals surface area contributed by atoms with Crippen LogP contribution < -0.4 is 10.6 Å². The van der Waals surface area contributed by atoms with Gasteiger partial charge in [-0.25, -0.2) is 4.98 Å². The zero-order valence-corrected chi connectivity index (χ0v) is 9.27. The number of rotatable bonds is 2. The van der Waals surface area contributed by atoms with Crippen LogP contribution in [0.4, 0.5) is 0 Å². The molecular formula is C12H13N3O2. The first-order valence-corrected chi connectivity index (χ1v) is 5.68. The summed E-state index contributed by atoms with van der Waals surface area (Å²) in [5.41, 5.74) is 2.03. The van der Waals surface area contributed by atoms with Gasteiger partial charge in [-0.05, 0) is 31.2 Å². The predicted octanol–water partition coefficient (Wildman–Crippen LogP) is 0.919. The highest BCUT2D eigenvalue weighted by Gasteiger charge is 2.17. The Hall–Kier alpha value is -1.88. The van der Waals surface area contributed by atoms with Gasteiger partial charge >= 0.3 is 0 Å². The minimum atomic E-state index is -0.0522. The molecule has 2 N–H and O–H groups in total. The monoisotopic (exact) mass is 231 g/mol. The van der Waals surface area contributed by atoms with E-state index in [1.54, 1.807) is 18.2 Å². The number of benzene rings is 1. The molecule has 0 spiro atoms. The molecule has 0 aliphatic carbocycles. The number of carbonyl (C=O) groups excluding carboxylic acids is 1. The quantitative estimate of drug-likeness (QED) is 0.806. The van der Waals surface area contributed by atoms with Gasteiger partial charge in [0.25, 0.3) is 5.91 Å². The predicted molar refractivity (Wildman–Crippen MR) is 62.7 cm³/mol. The maximum Gasteiger partial charge on any atom is 0.251 e. The normalized spacial score (nSPS) is 19.6. The van der Waals surface area contributed by atoms with Crippen molar-refractivity contribution in [1.29, 1.82) is 0 Å². The van der Waals surface area contributed by atoms with E-state index in [1.165, 1.54) is 6.39 Å². The third kappa shape index (κ3) is 2.01. The van der Waals surface area contributed by atoms with E-state index in [-0.39, 0.29) is 11.9 Å². The van der Waals surface area contributed by atoms with Gasteiger partial charge in [-0.2, -0.15) is 0 Å². The fourth-order valence-electron chi connectivity index (χ4n) is 2.05. The third-order valence-corrected chi connectivity index (χ3v) is 2.99. The fraction of sp³-hybridized carbons (Fsp3) is 0.333. The highest BCUT2D eigenvalue weighted by atomic mass is 16.3. The number of fused-ring (bicyclic) bond motifs is 1. The van der Waals surface area contributed by atoms with Gasteiger partial charge in [-0.1, -0.05) is 0 Å². The van der Waals surface area contributed by atoms with E-state index in [1.807, 2.05) is 0 Å². The molecule has 1 fully saturated rings. The van der Waals surface area contributed by atoms with Crippen LogP contribution in [0, 0.1) is 0 Å². The lowest BCUT2D eigenvalue weighted by molar-refractivity contribution is 0.0940. The number of amides is 1. The molecule has 17 heavy (non-hydrogen) atoms. The van der Waals surface area contributed by atoms with E-state index in [0.29, 0.717) is 16.7 Å². The van der Waals surface area contributed by atoms with Crippen molar-refractivity contribution in [2.45, 2.75) is 12.5 Å². The van der Waals surface area contributed by atoms with Crippen molar-refractivity contribution in [3.05, 3.63) is 30.2 Å². The molecule has 2 heterocycles. The molecule has 1 aromatic carbocycles. The zero-order valence-electron chi connectivity index (χ0n) is 9.27. The molecule has 1 aromatic heterocycles. The van der Waals surface area contributed by atoms with Crippen molar-refractivity contribution in [2.75, 3.05) is 13.1 Å². The van der Waals surface area contributed by atoms with Crippen molar-refractivity contribution in [2.24, 2.45) is 0 Å². The minimum absolute atomic E-state index is 0.0522. The number of aromatic nitrogens is 1. The van der Waals surface area contributed by atoms with E-state index in [2.05, 4.69) is 15.6 Å². The Labute approximate surface area is 98.2 Å². The molecule has 5 nitrogen and oxygen atoms in total. The van der Waals surface area contributed by atoms with Crippen LogP contribution in [0.5, 0.6) is 0 Å². The van der Waals surface area contributed by atoms with Crippen LogP contribution in [0.1, 0.15) is 16.8 Å². The standard InChI is InChI=1S/C12H13N3O2/c16-12(15-9-3-4-13-6-9)8-1-2-11-10(5-8)14-7-17-11/h1-2,5,7,9,13H,3-4,6H2,(H,15,16). The third-order valence-electron chi connectivity index (χ3n) is 2.99. The summed E-state index contributed by atoms with van der Waals surface area (Å²) in [7, 11) is 0. The van der Waals surface area contributed by atoms with Gasteiger partial charge in [0.15, 0.2) is 12.0 Å². The van der Waals surface area contributed by atoms with Crippen LogP contribution in [0.3, 0.4) is 0 Å². The number of carbonyl (C=O) groups is 1. The number of hydrogen-bond donors (Lipinski definition) is 2. The number of oxazole rings is 1. The second kappa shape index (κ2) is 4.18. The molecular weight excluding hydrogens is 218 g/mol. The maximum atomic E-state index is 12.0. The second-order valence-electron chi connectivity index (χ2n) is 4.20. The van der Waals surface area contributed by atoms with Crippen molar-refractivity contribution in [3.8, 4) is 0 Å². The summed E-state index contributed by atoms with van der Waals surface area (Å²) >= 11 is 0. The molecule has 5 heteroatoms. The first-order valence-electron chi connectivity index (χ1n) is 5.68. The van der Waals surface area contributed by atoms with Gasteiger partial charge in [-0.3, -0.25) is 4.79 Å². The van der Waals surface area contributed by atoms with Crippen LogP contribution in [0.25, 0.3) is 11.1 Å². The first-order chi connectivity index (χ1) is 8.33. The van der Waals surface area contributed by atoms with Gasteiger partial charge in [0.1, 0.15) is 5.52 Å². The highest BCUT2D eigenvalue weighted by Crippen LogP contribution is 2.14. The van der Waals surface area contributed by atoms with Crippen LogP contribution in [-0.4, -0.2) is 30.0 Å². The smallest absolute Gasteiger partial charge is 0.251 e. The van der Waals surface area contributed by atoms with E-state index in [4.69, 9.17) is 4.42 Å². The summed E-state index contributed by atoms with van der Waals surface area (Å²) in [4.78, 5) is 16.0. The molecule has 3 rings (SSSR count). The van der Waals surface area contributed by atoms with Crippen LogP contribution in [0.2, 0.25) is 0 Å². The Kier molecular flexibility index (Phi) is 2.53. The molecule has 0 saturated carbocycles. The summed E-state index contributed by atoms with van der Waals surface area (Å²) < 4.78 is 5.13.